The van der Waals surface area contributed by atoms with Crippen molar-refractivity contribution in [3.8, 4) is 0 Å². The zero-order valence-electron chi connectivity index (χ0n) is 11.9. The molecule has 0 aliphatic rings. The predicted molar refractivity (Wildman–Crippen MR) is 82.4 cm³/mol. The molecule has 1 aromatic carbocycles. The van der Waals surface area contributed by atoms with E-state index in [1.54, 1.807) is 36.8 Å². The Morgan fingerprint density at radius 2 is 1.76 bits per heavy atom. The Bertz CT molecular complexity index is 755. The van der Waals surface area contributed by atoms with Crippen molar-refractivity contribution < 1.29 is 9.90 Å². The number of hydrogen-bond donors (Lipinski definition) is 1. The first-order valence-corrected chi connectivity index (χ1v) is 6.53. The minimum atomic E-state index is -0.904. The molecular formula is C17H16N2O2. The second kappa shape index (κ2) is 6.61. The fraction of sp³-hybridized carbons (Fsp3) is 0.118. The maximum atomic E-state index is 10.8. The molecule has 0 saturated carbocycles. The first-order chi connectivity index (χ1) is 10.1. The van der Waals surface area contributed by atoms with E-state index in [0.717, 1.165) is 16.5 Å². The Morgan fingerprint density at radius 3 is 2.33 bits per heavy atom. The van der Waals surface area contributed by atoms with Gasteiger partial charge in [0.05, 0.1) is 11.1 Å². The van der Waals surface area contributed by atoms with Crippen molar-refractivity contribution in [1.29, 1.82) is 0 Å². The van der Waals surface area contributed by atoms with E-state index in [2.05, 4.69) is 9.97 Å². The van der Waals surface area contributed by atoms with Crippen LogP contribution in [-0.4, -0.2) is 21.0 Å². The Balaban J connectivity index is 0.000000194. The van der Waals surface area contributed by atoms with E-state index in [0.29, 0.717) is 5.56 Å². The molecule has 1 N–H and O–H groups in total. The van der Waals surface area contributed by atoms with Crippen LogP contribution in [0.4, 0.5) is 0 Å². The van der Waals surface area contributed by atoms with Gasteiger partial charge in [0.25, 0.3) is 0 Å². The molecule has 0 atom stereocenters. The van der Waals surface area contributed by atoms with Gasteiger partial charge in [0.1, 0.15) is 0 Å². The van der Waals surface area contributed by atoms with Gasteiger partial charge in [0.15, 0.2) is 0 Å². The van der Waals surface area contributed by atoms with E-state index < -0.39 is 5.97 Å². The molecule has 0 aliphatic heterocycles. The zero-order valence-corrected chi connectivity index (χ0v) is 11.9. The first kappa shape index (κ1) is 14.7. The smallest absolute Gasteiger partial charge is 0.335 e. The molecule has 0 saturated heterocycles. The summed E-state index contributed by atoms with van der Waals surface area (Å²) in [5, 5.41) is 9.71. The van der Waals surface area contributed by atoms with Gasteiger partial charge in [0, 0.05) is 24.0 Å². The lowest BCUT2D eigenvalue weighted by Crippen LogP contribution is -1.97. The topological polar surface area (TPSA) is 63.1 Å². The molecule has 0 unspecified atom stereocenters. The molecule has 0 bridgehead atoms. The van der Waals surface area contributed by atoms with Crippen molar-refractivity contribution in [2.75, 3.05) is 0 Å². The van der Waals surface area contributed by atoms with Crippen LogP contribution in [0.2, 0.25) is 0 Å². The van der Waals surface area contributed by atoms with Crippen LogP contribution in [0.25, 0.3) is 10.9 Å². The van der Waals surface area contributed by atoms with E-state index in [1.807, 2.05) is 32.0 Å². The fourth-order valence-corrected chi connectivity index (χ4v) is 1.92. The maximum absolute atomic E-state index is 10.8. The number of nitrogens with zero attached hydrogens (tertiary/aromatic N) is 2. The highest BCUT2D eigenvalue weighted by Gasteiger charge is 2.06. The van der Waals surface area contributed by atoms with E-state index in [9.17, 15) is 4.79 Å². The van der Waals surface area contributed by atoms with Gasteiger partial charge in [-0.25, -0.2) is 4.79 Å². The summed E-state index contributed by atoms with van der Waals surface area (Å²) in [5.41, 5.74) is 3.32. The van der Waals surface area contributed by atoms with Gasteiger partial charge in [0.2, 0.25) is 0 Å². The summed E-state index contributed by atoms with van der Waals surface area (Å²) < 4.78 is 0. The summed E-state index contributed by atoms with van der Waals surface area (Å²) in [7, 11) is 0. The summed E-state index contributed by atoms with van der Waals surface area (Å²) >= 11 is 0. The minimum absolute atomic E-state index is 0.308. The van der Waals surface area contributed by atoms with Gasteiger partial charge in [-0.1, -0.05) is 6.07 Å². The highest BCUT2D eigenvalue weighted by molar-refractivity contribution is 5.94. The normalized spacial score (nSPS) is 9.81. The molecule has 0 amide bonds. The molecule has 0 aliphatic carbocycles. The maximum Gasteiger partial charge on any atom is 0.335 e. The molecule has 3 aromatic rings. The highest BCUT2D eigenvalue weighted by atomic mass is 16.4. The number of carboxylic acid groups (broad SMARTS) is 1. The first-order valence-electron chi connectivity index (χ1n) is 6.53. The van der Waals surface area contributed by atoms with Crippen LogP contribution in [0.15, 0.2) is 55.0 Å². The molecule has 3 rings (SSSR count). The second-order valence-electron chi connectivity index (χ2n) is 4.70. The van der Waals surface area contributed by atoms with Crippen molar-refractivity contribution in [3.63, 3.8) is 0 Å². The van der Waals surface area contributed by atoms with Crippen molar-refractivity contribution in [2.24, 2.45) is 0 Å². The molecule has 0 radical (unpaired) electrons. The standard InChI is InChI=1S/C11H9NO2.C6H7N/c1-7-5-9(11(13)14)6-8-3-2-4-12-10(7)8;1-6-2-4-7-5-3-6/h2-6H,1H3,(H,13,14);2-5H,1H3. The van der Waals surface area contributed by atoms with Crippen LogP contribution in [-0.2, 0) is 0 Å². The van der Waals surface area contributed by atoms with Gasteiger partial charge in [-0.2, -0.15) is 0 Å². The summed E-state index contributed by atoms with van der Waals surface area (Å²) in [5.74, 6) is -0.904. The van der Waals surface area contributed by atoms with Crippen molar-refractivity contribution >= 4 is 16.9 Å². The number of benzene rings is 1. The Labute approximate surface area is 123 Å². The van der Waals surface area contributed by atoms with Gasteiger partial charge in [-0.15, -0.1) is 0 Å². The van der Waals surface area contributed by atoms with Crippen LogP contribution < -0.4 is 0 Å². The minimum Gasteiger partial charge on any atom is -0.478 e. The SMILES string of the molecule is Cc1cc(C(=O)O)cc2cccnc12.Cc1ccncc1. The molecule has 21 heavy (non-hydrogen) atoms. The summed E-state index contributed by atoms with van der Waals surface area (Å²) in [6.07, 6.45) is 5.28. The van der Waals surface area contributed by atoms with Crippen LogP contribution in [0.1, 0.15) is 21.5 Å². The number of hydrogen-bond acceptors (Lipinski definition) is 3. The number of carboxylic acids is 1. The van der Waals surface area contributed by atoms with Crippen LogP contribution in [0.3, 0.4) is 0 Å². The van der Waals surface area contributed by atoms with Gasteiger partial charge >= 0.3 is 5.97 Å². The number of aryl methyl sites for hydroxylation is 2. The predicted octanol–water partition coefficient (Wildman–Crippen LogP) is 3.63. The average Bonchev–Trinajstić information content (AvgIpc) is 2.48. The highest BCUT2D eigenvalue weighted by Crippen LogP contribution is 2.17. The van der Waals surface area contributed by atoms with Crippen molar-refractivity contribution in [1.82, 2.24) is 9.97 Å². The molecule has 0 fully saturated rings. The number of aromatic carboxylic acids is 1. The molecular weight excluding hydrogens is 264 g/mol. The second-order valence-corrected chi connectivity index (χ2v) is 4.70. The molecule has 2 aromatic heterocycles. The third-order valence-electron chi connectivity index (χ3n) is 2.99. The quantitative estimate of drug-likeness (QED) is 0.739. The molecule has 106 valence electrons. The van der Waals surface area contributed by atoms with E-state index in [4.69, 9.17) is 5.11 Å². The monoisotopic (exact) mass is 280 g/mol. The molecule has 0 spiro atoms. The molecule has 2 heterocycles. The summed E-state index contributed by atoms with van der Waals surface area (Å²) in [4.78, 5) is 18.8. The van der Waals surface area contributed by atoms with E-state index in [-0.39, 0.29) is 0 Å². The third-order valence-corrected chi connectivity index (χ3v) is 2.99. The van der Waals surface area contributed by atoms with Crippen LogP contribution in [0, 0.1) is 13.8 Å². The van der Waals surface area contributed by atoms with Crippen molar-refractivity contribution in [3.05, 3.63) is 71.7 Å². The number of carbonyl (C=O) groups is 1. The van der Waals surface area contributed by atoms with Gasteiger partial charge < -0.3 is 5.11 Å². The molecule has 4 nitrogen and oxygen atoms in total. The lowest BCUT2D eigenvalue weighted by atomic mass is 10.1. The van der Waals surface area contributed by atoms with Gasteiger partial charge in [-0.3, -0.25) is 9.97 Å². The Morgan fingerprint density at radius 1 is 1.05 bits per heavy atom. The van der Waals surface area contributed by atoms with Crippen LogP contribution >= 0.6 is 0 Å². The fourth-order valence-electron chi connectivity index (χ4n) is 1.92. The molecule has 4 heteroatoms. The number of rotatable bonds is 1. The largest absolute Gasteiger partial charge is 0.478 e. The van der Waals surface area contributed by atoms with Crippen molar-refractivity contribution in [2.45, 2.75) is 13.8 Å². The summed E-state index contributed by atoms with van der Waals surface area (Å²) in [6, 6.07) is 10.9. The third kappa shape index (κ3) is 3.86. The summed E-state index contributed by atoms with van der Waals surface area (Å²) in [6.45, 7) is 3.91. The Hall–Kier alpha value is -2.75. The lowest BCUT2D eigenvalue weighted by Gasteiger charge is -2.02. The van der Waals surface area contributed by atoms with E-state index >= 15 is 0 Å². The van der Waals surface area contributed by atoms with E-state index in [1.165, 1.54) is 5.56 Å². The zero-order chi connectivity index (χ0) is 15.2. The number of pyridine rings is 2. The average molecular weight is 280 g/mol. The Kier molecular flexibility index (Phi) is 4.61. The van der Waals surface area contributed by atoms with Crippen LogP contribution in [0.5, 0.6) is 0 Å². The number of aromatic nitrogens is 2. The lowest BCUT2D eigenvalue weighted by molar-refractivity contribution is 0.0697. The van der Waals surface area contributed by atoms with Gasteiger partial charge in [-0.05, 0) is 55.3 Å². The number of fused-ring (bicyclic) bond motifs is 1.